The van der Waals surface area contributed by atoms with Crippen molar-refractivity contribution in [2.45, 2.75) is 24.9 Å². The van der Waals surface area contributed by atoms with E-state index >= 15 is 0 Å². The predicted octanol–water partition coefficient (Wildman–Crippen LogP) is 2.63. The monoisotopic (exact) mass is 255 g/mol. The van der Waals surface area contributed by atoms with Crippen molar-refractivity contribution in [3.8, 4) is 17.5 Å². The molecule has 0 N–H and O–H groups in total. The van der Waals surface area contributed by atoms with Crippen molar-refractivity contribution in [2.75, 3.05) is 7.11 Å². The van der Waals surface area contributed by atoms with E-state index in [1.54, 1.807) is 31.4 Å². The third-order valence-electron chi connectivity index (χ3n) is 3.65. The van der Waals surface area contributed by atoms with Gasteiger partial charge in [0.05, 0.1) is 11.6 Å². The minimum atomic E-state index is -0.367. The molecule has 1 aliphatic carbocycles. The molecule has 1 aromatic carbocycles. The van der Waals surface area contributed by atoms with Crippen LogP contribution < -0.4 is 0 Å². The SMILES string of the molecule is COC1(c2noc(-c3ccc(C#N)cc3)n2)CCC1. The zero-order chi connectivity index (χ0) is 13.3. The van der Waals surface area contributed by atoms with Gasteiger partial charge < -0.3 is 9.26 Å². The highest BCUT2D eigenvalue weighted by molar-refractivity contribution is 5.54. The quantitative estimate of drug-likeness (QED) is 0.843. The molecule has 96 valence electrons. The van der Waals surface area contributed by atoms with Crippen LogP contribution >= 0.6 is 0 Å². The number of benzene rings is 1. The number of nitriles is 1. The molecule has 1 fully saturated rings. The molecule has 0 unspecified atom stereocenters. The second kappa shape index (κ2) is 4.48. The van der Waals surface area contributed by atoms with Crippen LogP contribution in [0.4, 0.5) is 0 Å². The van der Waals surface area contributed by atoms with Crippen LogP contribution in [0.1, 0.15) is 30.7 Å². The van der Waals surface area contributed by atoms with Gasteiger partial charge in [-0.2, -0.15) is 10.2 Å². The van der Waals surface area contributed by atoms with Crippen molar-refractivity contribution in [1.82, 2.24) is 10.1 Å². The van der Waals surface area contributed by atoms with Crippen molar-refractivity contribution in [1.29, 1.82) is 5.26 Å². The van der Waals surface area contributed by atoms with E-state index < -0.39 is 0 Å². The van der Waals surface area contributed by atoms with Crippen molar-refractivity contribution < 1.29 is 9.26 Å². The number of rotatable bonds is 3. The summed E-state index contributed by atoms with van der Waals surface area (Å²) in [4.78, 5) is 4.42. The van der Waals surface area contributed by atoms with E-state index in [1.165, 1.54) is 0 Å². The van der Waals surface area contributed by atoms with E-state index in [-0.39, 0.29) is 5.60 Å². The average Bonchev–Trinajstić information content (AvgIpc) is 2.88. The number of aromatic nitrogens is 2. The molecule has 0 radical (unpaired) electrons. The summed E-state index contributed by atoms with van der Waals surface area (Å²) in [5.74, 6) is 1.07. The Morgan fingerprint density at radius 2 is 2.05 bits per heavy atom. The number of hydrogen-bond donors (Lipinski definition) is 0. The second-order valence-corrected chi connectivity index (χ2v) is 4.66. The van der Waals surface area contributed by atoms with E-state index in [2.05, 4.69) is 16.2 Å². The number of methoxy groups -OCH3 is 1. The summed E-state index contributed by atoms with van der Waals surface area (Å²) >= 11 is 0. The van der Waals surface area contributed by atoms with Gasteiger partial charge in [-0.25, -0.2) is 0 Å². The van der Waals surface area contributed by atoms with Gasteiger partial charge in [0, 0.05) is 12.7 Å². The van der Waals surface area contributed by atoms with Crippen molar-refractivity contribution in [3.05, 3.63) is 35.7 Å². The molecule has 1 aromatic heterocycles. The third-order valence-corrected chi connectivity index (χ3v) is 3.65. The Hall–Kier alpha value is -2.19. The lowest BCUT2D eigenvalue weighted by atomic mass is 9.79. The Labute approximate surface area is 110 Å². The van der Waals surface area contributed by atoms with E-state index in [1.807, 2.05) is 0 Å². The Balaban J connectivity index is 1.90. The maximum atomic E-state index is 8.76. The molecule has 5 heteroatoms. The first kappa shape index (κ1) is 11.9. The number of hydrogen-bond acceptors (Lipinski definition) is 5. The average molecular weight is 255 g/mol. The van der Waals surface area contributed by atoms with Crippen LogP contribution in [0, 0.1) is 11.3 Å². The van der Waals surface area contributed by atoms with Crippen molar-refractivity contribution >= 4 is 0 Å². The topological polar surface area (TPSA) is 71.9 Å². The minimum absolute atomic E-state index is 0.367. The van der Waals surface area contributed by atoms with E-state index in [4.69, 9.17) is 14.5 Å². The fourth-order valence-electron chi connectivity index (χ4n) is 2.23. The highest BCUT2D eigenvalue weighted by Gasteiger charge is 2.43. The Morgan fingerprint density at radius 1 is 1.32 bits per heavy atom. The van der Waals surface area contributed by atoms with E-state index in [0.29, 0.717) is 17.3 Å². The van der Waals surface area contributed by atoms with Crippen LogP contribution in [0.25, 0.3) is 11.5 Å². The first-order valence-electron chi connectivity index (χ1n) is 6.17. The van der Waals surface area contributed by atoms with Gasteiger partial charge in [-0.15, -0.1) is 0 Å². The highest BCUT2D eigenvalue weighted by Crippen LogP contribution is 2.43. The molecule has 19 heavy (non-hydrogen) atoms. The minimum Gasteiger partial charge on any atom is -0.370 e. The zero-order valence-corrected chi connectivity index (χ0v) is 10.6. The molecule has 0 saturated heterocycles. The van der Waals surface area contributed by atoms with Gasteiger partial charge >= 0.3 is 0 Å². The first-order chi connectivity index (χ1) is 9.27. The van der Waals surface area contributed by atoms with Crippen LogP contribution in [0.3, 0.4) is 0 Å². The summed E-state index contributed by atoms with van der Waals surface area (Å²) in [5.41, 5.74) is 1.05. The molecular weight excluding hydrogens is 242 g/mol. The lowest BCUT2D eigenvalue weighted by molar-refractivity contribution is -0.0858. The number of ether oxygens (including phenoxy) is 1. The van der Waals surface area contributed by atoms with Gasteiger partial charge in [0.25, 0.3) is 5.89 Å². The van der Waals surface area contributed by atoms with Gasteiger partial charge in [0.2, 0.25) is 5.82 Å². The lowest BCUT2D eigenvalue weighted by Crippen LogP contribution is -2.37. The zero-order valence-electron chi connectivity index (χ0n) is 10.6. The van der Waals surface area contributed by atoms with Crippen LogP contribution in [0.5, 0.6) is 0 Å². The molecule has 1 heterocycles. The lowest BCUT2D eigenvalue weighted by Gasteiger charge is -2.37. The van der Waals surface area contributed by atoms with E-state index in [0.717, 1.165) is 24.8 Å². The molecule has 1 saturated carbocycles. The van der Waals surface area contributed by atoms with Crippen molar-refractivity contribution in [3.63, 3.8) is 0 Å². The first-order valence-corrected chi connectivity index (χ1v) is 6.17. The molecule has 0 bridgehead atoms. The summed E-state index contributed by atoms with van der Waals surface area (Å²) in [5, 5.41) is 12.8. The third kappa shape index (κ3) is 1.90. The maximum Gasteiger partial charge on any atom is 0.258 e. The summed E-state index contributed by atoms with van der Waals surface area (Å²) in [6, 6.07) is 9.14. The summed E-state index contributed by atoms with van der Waals surface area (Å²) < 4.78 is 10.8. The molecule has 0 spiro atoms. The Kier molecular flexibility index (Phi) is 2.80. The molecule has 1 aliphatic rings. The fourth-order valence-corrected chi connectivity index (χ4v) is 2.23. The standard InChI is InChI=1S/C14H13N3O2/c1-18-14(7-2-8-14)13-16-12(19-17-13)11-5-3-10(9-15)4-6-11/h3-6H,2,7-8H2,1H3. The highest BCUT2D eigenvalue weighted by atomic mass is 16.5. The Bertz CT molecular complexity index is 615. The van der Waals surface area contributed by atoms with E-state index in [9.17, 15) is 0 Å². The molecule has 3 rings (SSSR count). The van der Waals surface area contributed by atoms with Gasteiger partial charge in [0.1, 0.15) is 5.60 Å². The van der Waals surface area contributed by atoms with Gasteiger partial charge in [-0.1, -0.05) is 5.16 Å². The van der Waals surface area contributed by atoms with Crippen LogP contribution in [-0.4, -0.2) is 17.3 Å². The number of nitrogens with zero attached hydrogens (tertiary/aromatic N) is 3. The van der Waals surface area contributed by atoms with Gasteiger partial charge in [-0.05, 0) is 43.5 Å². The maximum absolute atomic E-state index is 8.76. The summed E-state index contributed by atoms with van der Waals surface area (Å²) in [7, 11) is 1.68. The largest absolute Gasteiger partial charge is 0.370 e. The molecule has 5 nitrogen and oxygen atoms in total. The summed E-state index contributed by atoms with van der Waals surface area (Å²) in [6.45, 7) is 0. The van der Waals surface area contributed by atoms with Gasteiger partial charge in [-0.3, -0.25) is 0 Å². The van der Waals surface area contributed by atoms with Crippen LogP contribution in [0.15, 0.2) is 28.8 Å². The normalized spacial score (nSPS) is 16.6. The molecule has 0 atom stereocenters. The van der Waals surface area contributed by atoms with Crippen LogP contribution in [-0.2, 0) is 10.3 Å². The Morgan fingerprint density at radius 3 is 2.58 bits per heavy atom. The summed E-state index contributed by atoms with van der Waals surface area (Å²) in [6.07, 6.45) is 2.97. The smallest absolute Gasteiger partial charge is 0.258 e. The van der Waals surface area contributed by atoms with Gasteiger partial charge in [0.15, 0.2) is 0 Å². The second-order valence-electron chi connectivity index (χ2n) is 4.66. The predicted molar refractivity (Wildman–Crippen MR) is 67.0 cm³/mol. The molecule has 0 aliphatic heterocycles. The molecular formula is C14H13N3O2. The molecule has 2 aromatic rings. The molecule has 0 amide bonds. The fraction of sp³-hybridized carbons (Fsp3) is 0.357. The van der Waals surface area contributed by atoms with Crippen LogP contribution in [0.2, 0.25) is 0 Å². The van der Waals surface area contributed by atoms with Crippen molar-refractivity contribution in [2.24, 2.45) is 0 Å².